The maximum absolute atomic E-state index is 9.89. The fraction of sp³-hybridized carbons (Fsp3) is 0.462. The van der Waals surface area contributed by atoms with Crippen LogP contribution in [-0.4, -0.2) is 0 Å². The van der Waals surface area contributed by atoms with E-state index in [1.165, 1.54) is 36.8 Å². The standard InChI is InChI=1S/C26H24N4/c27-15-25(16-28)13-1-3-23(19-5-6-19)24(20-7-8-20)4-2-14-26(17-29,18-30)22-11-9-21(25)10-12-22/h3-4,9-12,19-20H,1-2,5-8,13-14H2/b23-3-,24-4+. The Kier molecular flexibility index (Phi) is 5.20. The molecule has 1 aromatic carbocycles. The van der Waals surface area contributed by atoms with E-state index in [1.54, 1.807) is 24.3 Å². The van der Waals surface area contributed by atoms with Crippen LogP contribution >= 0.6 is 0 Å². The van der Waals surface area contributed by atoms with Crippen molar-refractivity contribution in [1.29, 1.82) is 21.0 Å². The molecule has 4 nitrogen and oxygen atoms in total. The fourth-order valence-corrected chi connectivity index (χ4v) is 4.58. The van der Waals surface area contributed by atoms with Gasteiger partial charge in [0, 0.05) is 0 Å². The van der Waals surface area contributed by atoms with Crippen LogP contribution in [0.15, 0.2) is 47.6 Å². The minimum Gasteiger partial charge on any atom is -0.196 e. The van der Waals surface area contributed by atoms with Crippen LogP contribution in [0.3, 0.4) is 0 Å². The van der Waals surface area contributed by atoms with E-state index in [2.05, 4.69) is 36.4 Å². The minimum atomic E-state index is -1.22. The number of benzene rings is 1. The van der Waals surface area contributed by atoms with Crippen molar-refractivity contribution in [3.8, 4) is 24.3 Å². The second kappa shape index (κ2) is 7.82. The SMILES string of the molecule is N#CC1(C#N)CC/C=C(C2CC2)\C(C2CC2)=C\CCC(C#N)(C#N)c2ccc1cc2. The monoisotopic (exact) mass is 392 g/mol. The molecule has 2 saturated carbocycles. The van der Waals surface area contributed by atoms with E-state index in [1.807, 2.05) is 0 Å². The predicted octanol–water partition coefficient (Wildman–Crippen LogP) is 5.50. The highest BCUT2D eigenvalue weighted by atomic mass is 14.5. The number of allylic oxidation sites excluding steroid dienone is 4. The van der Waals surface area contributed by atoms with Gasteiger partial charge >= 0.3 is 0 Å². The number of rotatable bonds is 2. The predicted molar refractivity (Wildman–Crippen MR) is 112 cm³/mol. The Morgan fingerprint density at radius 3 is 1.20 bits per heavy atom. The van der Waals surface area contributed by atoms with E-state index >= 15 is 0 Å². The zero-order valence-electron chi connectivity index (χ0n) is 17.1. The lowest BCUT2D eigenvalue weighted by Crippen LogP contribution is -2.24. The summed E-state index contributed by atoms with van der Waals surface area (Å²) in [4.78, 5) is 0. The maximum Gasteiger partial charge on any atom is 0.168 e. The molecule has 0 atom stereocenters. The van der Waals surface area contributed by atoms with Crippen molar-refractivity contribution < 1.29 is 0 Å². The van der Waals surface area contributed by atoms with Crippen LogP contribution in [0.1, 0.15) is 62.5 Å². The van der Waals surface area contributed by atoms with Gasteiger partial charge in [0.15, 0.2) is 10.8 Å². The molecule has 1 aromatic rings. The van der Waals surface area contributed by atoms with E-state index in [0.717, 1.165) is 0 Å². The lowest BCUT2D eigenvalue weighted by atomic mass is 9.75. The zero-order chi connectivity index (χ0) is 21.2. The Morgan fingerprint density at radius 2 is 0.933 bits per heavy atom. The summed E-state index contributed by atoms with van der Waals surface area (Å²) in [5, 5.41) is 39.6. The second-order valence-electron chi connectivity index (χ2n) is 8.78. The van der Waals surface area contributed by atoms with Crippen LogP contribution in [-0.2, 0) is 10.8 Å². The molecule has 4 heteroatoms. The van der Waals surface area contributed by atoms with Crippen LogP contribution in [0.25, 0.3) is 0 Å². The highest BCUT2D eigenvalue weighted by Gasteiger charge is 2.38. The van der Waals surface area contributed by atoms with Crippen molar-refractivity contribution in [2.24, 2.45) is 11.8 Å². The molecule has 0 spiro atoms. The van der Waals surface area contributed by atoms with Crippen LogP contribution in [0.5, 0.6) is 0 Å². The fourth-order valence-electron chi connectivity index (χ4n) is 4.58. The van der Waals surface area contributed by atoms with Crippen molar-refractivity contribution >= 4 is 0 Å². The average molecular weight is 393 g/mol. The van der Waals surface area contributed by atoms with Crippen LogP contribution in [0.2, 0.25) is 0 Å². The first-order chi connectivity index (χ1) is 14.6. The summed E-state index contributed by atoms with van der Waals surface area (Å²) in [5.41, 5.74) is 1.59. The highest BCUT2D eigenvalue weighted by molar-refractivity contribution is 5.47. The molecule has 5 rings (SSSR count). The molecular formula is C26H24N4. The lowest BCUT2D eigenvalue weighted by molar-refractivity contribution is 0.618. The number of hydrogen-bond donors (Lipinski definition) is 0. The Hall–Kier alpha value is -3.34. The summed E-state index contributed by atoms with van der Waals surface area (Å²) >= 11 is 0. The van der Waals surface area contributed by atoms with E-state index < -0.39 is 10.8 Å². The summed E-state index contributed by atoms with van der Waals surface area (Å²) in [7, 11) is 0. The molecule has 2 bridgehead atoms. The quantitative estimate of drug-likeness (QED) is 0.663. The summed E-state index contributed by atoms with van der Waals surface area (Å²) in [5.74, 6) is 1.16. The lowest BCUT2D eigenvalue weighted by Gasteiger charge is -2.23. The van der Waals surface area contributed by atoms with Crippen LogP contribution in [0, 0.1) is 57.2 Å². The maximum atomic E-state index is 9.89. The van der Waals surface area contributed by atoms with E-state index in [-0.39, 0.29) is 0 Å². The Morgan fingerprint density at radius 1 is 0.600 bits per heavy atom. The molecule has 0 radical (unpaired) electrons. The molecule has 0 aromatic heterocycles. The zero-order valence-corrected chi connectivity index (χ0v) is 17.1. The number of fused-ring (bicyclic) bond motifs is 9. The molecule has 0 amide bonds. The molecular weight excluding hydrogens is 368 g/mol. The third-order valence-electron chi connectivity index (χ3n) is 6.77. The second-order valence-corrected chi connectivity index (χ2v) is 8.78. The van der Waals surface area contributed by atoms with E-state index in [0.29, 0.717) is 48.6 Å². The minimum absolute atomic E-state index is 0.440. The molecule has 0 aliphatic heterocycles. The molecule has 148 valence electrons. The van der Waals surface area contributed by atoms with Gasteiger partial charge in [0.1, 0.15) is 0 Å². The molecule has 2 fully saturated rings. The summed E-state index contributed by atoms with van der Waals surface area (Å²) < 4.78 is 0. The summed E-state index contributed by atoms with van der Waals surface area (Å²) in [6.07, 6.45) is 11.6. The first kappa shape index (κ1) is 20.0. The number of nitriles is 4. The topological polar surface area (TPSA) is 95.2 Å². The molecule has 4 aliphatic rings. The van der Waals surface area contributed by atoms with Crippen molar-refractivity contribution in [1.82, 2.24) is 0 Å². The molecule has 4 aliphatic carbocycles. The summed E-state index contributed by atoms with van der Waals surface area (Å²) in [6, 6.07) is 16.0. The Balaban J connectivity index is 1.82. The van der Waals surface area contributed by atoms with Gasteiger partial charge in [-0.05, 0) is 85.5 Å². The normalized spacial score (nSPS) is 26.3. The van der Waals surface area contributed by atoms with E-state index in [9.17, 15) is 21.0 Å². The largest absolute Gasteiger partial charge is 0.196 e. The van der Waals surface area contributed by atoms with Crippen LogP contribution < -0.4 is 0 Å². The van der Waals surface area contributed by atoms with Gasteiger partial charge in [-0.15, -0.1) is 0 Å². The third-order valence-corrected chi connectivity index (χ3v) is 6.77. The average Bonchev–Trinajstić information content (AvgIpc) is 3.69. The van der Waals surface area contributed by atoms with Gasteiger partial charge in [0.05, 0.1) is 24.3 Å². The van der Waals surface area contributed by atoms with Crippen molar-refractivity contribution in [2.45, 2.75) is 62.2 Å². The third kappa shape index (κ3) is 3.52. The number of nitrogens with zero attached hydrogens (tertiary/aromatic N) is 4. The van der Waals surface area contributed by atoms with Gasteiger partial charge < -0.3 is 0 Å². The summed E-state index contributed by atoms with van der Waals surface area (Å²) in [6.45, 7) is 0. The van der Waals surface area contributed by atoms with Gasteiger partial charge in [-0.3, -0.25) is 0 Å². The van der Waals surface area contributed by atoms with Gasteiger partial charge in [-0.25, -0.2) is 0 Å². The van der Waals surface area contributed by atoms with Crippen molar-refractivity contribution in [2.75, 3.05) is 0 Å². The first-order valence-electron chi connectivity index (χ1n) is 10.8. The number of hydrogen-bond acceptors (Lipinski definition) is 4. The molecule has 0 saturated heterocycles. The van der Waals surface area contributed by atoms with Gasteiger partial charge in [0.2, 0.25) is 0 Å². The highest BCUT2D eigenvalue weighted by Crippen LogP contribution is 2.49. The first-order valence-corrected chi connectivity index (χ1v) is 10.8. The Bertz CT molecular complexity index is 939. The smallest absolute Gasteiger partial charge is 0.168 e. The van der Waals surface area contributed by atoms with Gasteiger partial charge in [-0.2, -0.15) is 21.0 Å². The van der Waals surface area contributed by atoms with Crippen LogP contribution in [0.4, 0.5) is 0 Å². The van der Waals surface area contributed by atoms with Crippen molar-refractivity contribution in [3.05, 3.63) is 58.7 Å². The molecule has 0 unspecified atom stereocenters. The molecule has 0 heterocycles. The van der Waals surface area contributed by atoms with Gasteiger partial charge in [0.25, 0.3) is 0 Å². The molecule has 30 heavy (non-hydrogen) atoms. The Labute approximate surface area is 178 Å². The van der Waals surface area contributed by atoms with Gasteiger partial charge in [-0.1, -0.05) is 36.4 Å². The van der Waals surface area contributed by atoms with Crippen molar-refractivity contribution in [3.63, 3.8) is 0 Å². The molecule has 0 N–H and O–H groups in total. The van der Waals surface area contributed by atoms with E-state index in [4.69, 9.17) is 0 Å².